The Morgan fingerprint density at radius 1 is 0.464 bits per heavy atom. The van der Waals surface area contributed by atoms with Crippen molar-refractivity contribution in [3.63, 3.8) is 0 Å². The van der Waals surface area contributed by atoms with Crippen LogP contribution in [0.5, 0.6) is 0 Å². The molecular weight excluding hydrogens is 527 g/mol. The monoisotopic (exact) mass is 526 g/mol. The van der Waals surface area contributed by atoms with Crippen LogP contribution in [0.3, 0.4) is 0 Å². The number of carbonyl (C=O) groups is 1. The molecule has 0 saturated carbocycles. The van der Waals surface area contributed by atoms with Crippen molar-refractivity contribution in [2.45, 2.75) is 46.5 Å². The summed E-state index contributed by atoms with van der Waals surface area (Å²) in [4.78, 5) is 4.04. The van der Waals surface area contributed by atoms with Crippen LogP contribution in [0.4, 0.5) is 74.6 Å². The molecule has 0 spiro atoms. The Balaban J connectivity index is 6.56. The molecule has 28 heavy (non-hydrogen) atoms. The molecule has 0 fully saturated rings. The molecule has 0 heterocycles. The van der Waals surface area contributed by atoms with Crippen LogP contribution in [0.1, 0.15) is 0 Å². The third-order valence-corrected chi connectivity index (χ3v) is 3.36. The summed E-state index contributed by atoms with van der Waals surface area (Å²) in [6, 6.07) is 0. The molecule has 0 amide bonds. The predicted octanol–water partition coefficient (Wildman–Crippen LogP) is 5.92. The Morgan fingerprint density at radius 2 is 0.750 bits per heavy atom. The van der Waals surface area contributed by atoms with Gasteiger partial charge in [-0.05, 0) is 15.9 Å². The van der Waals surface area contributed by atoms with Crippen LogP contribution in [-0.2, 0) is 4.79 Å². The van der Waals surface area contributed by atoms with Gasteiger partial charge >= 0.3 is 46.5 Å². The molecule has 0 aliphatic carbocycles. The predicted molar refractivity (Wildman–Crippen MR) is 54.6 cm³/mol. The minimum Gasteiger partial charge on any atom is -0.286 e. The highest BCUT2D eigenvalue weighted by atomic mass is 79.9. The second-order valence-corrected chi connectivity index (χ2v) is 5.77. The summed E-state index contributed by atoms with van der Waals surface area (Å²) < 4.78 is 214. The van der Waals surface area contributed by atoms with Crippen molar-refractivity contribution in [3.05, 3.63) is 0 Å². The van der Waals surface area contributed by atoms with Crippen molar-refractivity contribution in [1.29, 1.82) is 0 Å². The Bertz CT molecular complexity index is 611. The molecule has 19 heteroatoms. The molecule has 0 atom stereocenters. The molecule has 0 radical (unpaired) electrons. The van der Waals surface area contributed by atoms with Crippen molar-refractivity contribution >= 4 is 21.7 Å². The molecule has 1 nitrogen and oxygen atoms in total. The van der Waals surface area contributed by atoms with Gasteiger partial charge in [-0.3, -0.25) is 4.79 Å². The summed E-state index contributed by atoms with van der Waals surface area (Å²) in [5, 5.41) is 0. The molecule has 168 valence electrons. The fourth-order valence-corrected chi connectivity index (χ4v) is 1.48. The van der Waals surface area contributed by atoms with Gasteiger partial charge in [-0.2, -0.15) is 74.6 Å². The van der Waals surface area contributed by atoms with E-state index in [1.54, 1.807) is 0 Å². The third kappa shape index (κ3) is 3.40. The Morgan fingerprint density at radius 3 is 1.00 bits per heavy atom. The third-order valence-electron chi connectivity index (χ3n) is 2.86. The maximum atomic E-state index is 13.1. The fraction of sp³-hybridized carbons (Fsp3) is 0.889. The van der Waals surface area contributed by atoms with Crippen LogP contribution >= 0.6 is 15.9 Å². The van der Waals surface area contributed by atoms with E-state index in [1.807, 2.05) is 0 Å². The van der Waals surface area contributed by atoms with Gasteiger partial charge in [0.2, 0.25) is 0 Å². The zero-order chi connectivity index (χ0) is 23.6. The molecule has 0 bridgehead atoms. The minimum absolute atomic E-state index is 0.386. The summed E-state index contributed by atoms with van der Waals surface area (Å²) in [5.41, 5.74) is 0. The molecule has 0 aromatic carbocycles. The normalized spacial score (nSPS) is 16.4. The number of halogens is 18. The lowest BCUT2D eigenvalue weighted by Gasteiger charge is -2.38. The highest BCUT2D eigenvalue weighted by Crippen LogP contribution is 2.60. The first-order valence-electron chi connectivity index (χ1n) is 5.61. The summed E-state index contributed by atoms with van der Waals surface area (Å²) in [5.74, 6) is -53.5. The Kier molecular flexibility index (Phi) is 6.24. The van der Waals surface area contributed by atoms with Gasteiger partial charge in [-0.15, -0.1) is 0 Å². The topological polar surface area (TPSA) is 17.1 Å². The Labute approximate surface area is 149 Å². The first-order valence-corrected chi connectivity index (χ1v) is 6.40. The fourth-order valence-electron chi connectivity index (χ4n) is 1.23. The lowest BCUT2D eigenvalue weighted by atomic mass is 9.91. The SMILES string of the molecule is O=C(C(F)(F)C(F)(F)C(F)(F)F)C(F)(F)C(F)(F)C(F)(F)C(F)(F)C(F)(F)Br. The molecule has 0 rings (SSSR count). The lowest BCUT2D eigenvalue weighted by molar-refractivity contribution is -0.387. The van der Waals surface area contributed by atoms with Crippen molar-refractivity contribution < 1.29 is 79.4 Å². The number of alkyl halides is 18. The summed E-state index contributed by atoms with van der Waals surface area (Å²) in [7, 11) is 0. The summed E-state index contributed by atoms with van der Waals surface area (Å²) >= 11 is 0.386. The number of rotatable bonds is 7. The molecule has 0 aliphatic rings. The molecule has 0 N–H and O–H groups in total. The van der Waals surface area contributed by atoms with Gasteiger partial charge in [-0.1, -0.05) is 0 Å². The molecule has 0 aromatic heterocycles. The Hall–Kier alpha value is -1.04. The van der Waals surface area contributed by atoms with Crippen molar-refractivity contribution in [2.24, 2.45) is 0 Å². The quantitative estimate of drug-likeness (QED) is 0.297. The van der Waals surface area contributed by atoms with Crippen LogP contribution < -0.4 is 0 Å². The van der Waals surface area contributed by atoms with Crippen LogP contribution in [0, 0.1) is 0 Å². The average Bonchev–Trinajstić information content (AvgIpc) is 2.42. The van der Waals surface area contributed by atoms with Crippen LogP contribution in [0.25, 0.3) is 0 Å². The highest BCUT2D eigenvalue weighted by molar-refractivity contribution is 9.10. The van der Waals surface area contributed by atoms with Crippen LogP contribution in [0.2, 0.25) is 0 Å². The zero-order valence-electron chi connectivity index (χ0n) is 11.7. The first-order chi connectivity index (χ1) is 11.7. The number of carbonyl (C=O) groups excluding carboxylic acids is 1. The van der Waals surface area contributed by atoms with E-state index < -0.39 is 52.3 Å². The largest absolute Gasteiger partial charge is 0.460 e. The second-order valence-electron chi connectivity index (χ2n) is 4.77. The van der Waals surface area contributed by atoms with Crippen molar-refractivity contribution in [1.82, 2.24) is 0 Å². The minimum atomic E-state index is -8.30. The zero-order valence-corrected chi connectivity index (χ0v) is 13.3. The molecule has 0 saturated heterocycles. The second kappa shape index (κ2) is 6.48. The first kappa shape index (κ1) is 27.0. The molecular formula is C9BrF17O. The molecule has 0 unspecified atom stereocenters. The highest BCUT2D eigenvalue weighted by Gasteiger charge is 2.90. The van der Waals surface area contributed by atoms with Gasteiger partial charge < -0.3 is 0 Å². The van der Waals surface area contributed by atoms with Gasteiger partial charge in [0.05, 0.1) is 0 Å². The van der Waals surface area contributed by atoms with Crippen LogP contribution in [-0.4, -0.2) is 52.3 Å². The number of hydrogen-bond donors (Lipinski definition) is 0. The number of hydrogen-bond acceptors (Lipinski definition) is 1. The van der Waals surface area contributed by atoms with E-state index in [0.29, 0.717) is 15.9 Å². The van der Waals surface area contributed by atoms with Gasteiger partial charge in [0.15, 0.2) is 0 Å². The number of ketones is 1. The van der Waals surface area contributed by atoms with Gasteiger partial charge in [0, 0.05) is 0 Å². The number of Topliss-reactive ketones (excluding diaryl/α,β-unsaturated/α-hetero) is 1. The molecule has 0 aliphatic heterocycles. The smallest absolute Gasteiger partial charge is 0.286 e. The standard InChI is InChI=1S/C9BrF17O/c10-8(23,24)7(21,22)6(19,20)4(15,16)2(11,12)1(28)3(13,14)5(17,18)9(25,26)27. The van der Waals surface area contributed by atoms with Crippen LogP contribution in [0.15, 0.2) is 0 Å². The van der Waals surface area contributed by atoms with E-state index in [-0.39, 0.29) is 0 Å². The van der Waals surface area contributed by atoms with E-state index in [9.17, 15) is 79.4 Å². The maximum Gasteiger partial charge on any atom is 0.460 e. The lowest BCUT2D eigenvalue weighted by Crippen LogP contribution is -2.71. The van der Waals surface area contributed by atoms with E-state index >= 15 is 0 Å². The van der Waals surface area contributed by atoms with Gasteiger partial charge in [-0.25, -0.2) is 0 Å². The van der Waals surface area contributed by atoms with E-state index in [4.69, 9.17) is 0 Å². The van der Waals surface area contributed by atoms with Crippen molar-refractivity contribution in [3.8, 4) is 0 Å². The summed E-state index contributed by atoms with van der Waals surface area (Å²) in [6.45, 7) is 0. The van der Waals surface area contributed by atoms with E-state index in [1.165, 1.54) is 0 Å². The van der Waals surface area contributed by atoms with Crippen molar-refractivity contribution in [2.75, 3.05) is 0 Å². The molecule has 0 aromatic rings. The van der Waals surface area contributed by atoms with Gasteiger partial charge in [0.25, 0.3) is 5.78 Å². The van der Waals surface area contributed by atoms with E-state index in [0.717, 1.165) is 0 Å². The average molecular weight is 527 g/mol. The maximum absolute atomic E-state index is 13.1. The van der Waals surface area contributed by atoms with Gasteiger partial charge in [0.1, 0.15) is 0 Å². The summed E-state index contributed by atoms with van der Waals surface area (Å²) in [6.07, 6.45) is -7.59. The van der Waals surface area contributed by atoms with E-state index in [2.05, 4.69) is 0 Å².